The minimum Gasteiger partial charge on any atom is -0.486 e. The van der Waals surface area contributed by atoms with Gasteiger partial charge in [-0.2, -0.15) is 4.98 Å². The number of hydrogen-bond acceptors (Lipinski definition) is 8. The monoisotopic (exact) mass is 567 g/mol. The highest BCUT2D eigenvalue weighted by molar-refractivity contribution is 6.29. The number of benzene rings is 1. The van der Waals surface area contributed by atoms with E-state index in [2.05, 4.69) is 15.3 Å². The lowest BCUT2D eigenvalue weighted by Crippen LogP contribution is -2.57. The lowest BCUT2D eigenvalue weighted by atomic mass is 10.0. The number of anilines is 1. The molecule has 3 atom stereocenters. The molecular weight excluding hydrogens is 534 g/mol. The molecule has 2 amide bonds. The van der Waals surface area contributed by atoms with Crippen LogP contribution in [-0.2, 0) is 9.59 Å². The van der Waals surface area contributed by atoms with Crippen LogP contribution in [0.2, 0.25) is 5.15 Å². The highest BCUT2D eigenvalue weighted by Gasteiger charge is 2.34. The van der Waals surface area contributed by atoms with Crippen LogP contribution in [0, 0.1) is 5.92 Å². The normalized spacial score (nSPS) is 19.4. The van der Waals surface area contributed by atoms with Gasteiger partial charge in [0.15, 0.2) is 17.6 Å². The quantitative estimate of drug-likeness (QED) is 0.413. The number of fused-ring (bicyclic) bond motifs is 1. The van der Waals surface area contributed by atoms with Gasteiger partial charge in [0.05, 0.1) is 12.1 Å². The van der Waals surface area contributed by atoms with Gasteiger partial charge in [-0.25, -0.2) is 9.97 Å². The summed E-state index contributed by atoms with van der Waals surface area (Å²) in [7, 11) is 0. The standard InChI is InChI=1S/C28H34ClN7O4/c1-18(2)12-27(38)34-10-11-36(25-14-24(29)32-28(33-25)35-9-8-30-17-35)20(15-34)13-26(37)31-19(3)23-16-39-21-6-4-5-7-22(21)40-23/h4-9,14,17-20,23H,10-13,15-16H2,1-3H3,(H,31,37). The van der Waals surface area contributed by atoms with E-state index >= 15 is 0 Å². The molecule has 212 valence electrons. The van der Waals surface area contributed by atoms with E-state index in [0.717, 1.165) is 0 Å². The molecule has 0 saturated carbocycles. The molecule has 0 radical (unpaired) electrons. The molecule has 3 unspecified atom stereocenters. The number of carbonyl (C=O) groups excluding carboxylic acids is 2. The molecular formula is C28H34ClN7O4. The van der Waals surface area contributed by atoms with Gasteiger partial charge in [-0.1, -0.05) is 37.6 Å². The van der Waals surface area contributed by atoms with Crippen molar-refractivity contribution >= 4 is 29.2 Å². The summed E-state index contributed by atoms with van der Waals surface area (Å²) in [5, 5.41) is 3.35. The predicted molar refractivity (Wildman–Crippen MR) is 150 cm³/mol. The maximum Gasteiger partial charge on any atom is 0.238 e. The molecule has 11 nitrogen and oxygen atoms in total. The maximum atomic E-state index is 13.4. The number of rotatable bonds is 8. The summed E-state index contributed by atoms with van der Waals surface area (Å²) in [6, 6.07) is 8.56. The molecule has 2 aliphatic rings. The van der Waals surface area contributed by atoms with Crippen LogP contribution >= 0.6 is 11.6 Å². The minimum absolute atomic E-state index is 0.0830. The number of piperazine rings is 1. The van der Waals surface area contributed by atoms with Crippen molar-refractivity contribution in [2.24, 2.45) is 5.92 Å². The first-order valence-corrected chi connectivity index (χ1v) is 13.9. The molecule has 2 aliphatic heterocycles. The number of para-hydroxylation sites is 2. The van der Waals surface area contributed by atoms with Crippen LogP contribution in [0.25, 0.3) is 5.95 Å². The van der Waals surface area contributed by atoms with Crippen LogP contribution in [-0.4, -0.2) is 80.7 Å². The Kier molecular flexibility index (Phi) is 8.39. The summed E-state index contributed by atoms with van der Waals surface area (Å²) < 4.78 is 13.6. The number of aromatic nitrogens is 4. The van der Waals surface area contributed by atoms with Gasteiger partial charge in [0.2, 0.25) is 17.8 Å². The summed E-state index contributed by atoms with van der Waals surface area (Å²) in [6.07, 6.45) is 5.25. The van der Waals surface area contributed by atoms with Crippen molar-refractivity contribution in [3.05, 3.63) is 54.2 Å². The Morgan fingerprint density at radius 1 is 1.15 bits per heavy atom. The highest BCUT2D eigenvalue weighted by Crippen LogP contribution is 2.31. The smallest absolute Gasteiger partial charge is 0.238 e. The first kappa shape index (κ1) is 27.7. The minimum atomic E-state index is -0.330. The summed E-state index contributed by atoms with van der Waals surface area (Å²) >= 11 is 6.39. The Balaban J connectivity index is 1.32. The van der Waals surface area contributed by atoms with E-state index in [1.807, 2.05) is 54.8 Å². The van der Waals surface area contributed by atoms with Gasteiger partial charge in [0.25, 0.3) is 0 Å². The third-order valence-corrected chi connectivity index (χ3v) is 7.21. The van der Waals surface area contributed by atoms with Crippen molar-refractivity contribution in [1.29, 1.82) is 0 Å². The Bertz CT molecular complexity index is 1340. The second kappa shape index (κ2) is 12.1. The van der Waals surface area contributed by atoms with Crippen LogP contribution in [0.3, 0.4) is 0 Å². The van der Waals surface area contributed by atoms with Crippen molar-refractivity contribution in [1.82, 2.24) is 29.7 Å². The number of amides is 2. The zero-order chi connectivity index (χ0) is 28.2. The van der Waals surface area contributed by atoms with E-state index < -0.39 is 0 Å². The number of nitrogens with zero attached hydrogens (tertiary/aromatic N) is 6. The fourth-order valence-corrected chi connectivity index (χ4v) is 5.15. The SMILES string of the molecule is CC(C)CC(=O)N1CCN(c2cc(Cl)nc(-n3ccnc3)n2)C(CC(=O)NC(C)C2COc3ccccc3O2)C1. The molecule has 0 spiro atoms. The number of imidazole rings is 1. The van der Waals surface area contributed by atoms with E-state index in [4.69, 9.17) is 26.1 Å². The molecule has 1 aromatic carbocycles. The first-order valence-electron chi connectivity index (χ1n) is 13.5. The maximum absolute atomic E-state index is 13.4. The van der Waals surface area contributed by atoms with E-state index in [1.165, 1.54) is 0 Å². The molecule has 5 rings (SSSR count). The molecule has 4 heterocycles. The van der Waals surface area contributed by atoms with Crippen LogP contribution < -0.4 is 19.7 Å². The van der Waals surface area contributed by atoms with Gasteiger partial charge in [-0.15, -0.1) is 0 Å². The van der Waals surface area contributed by atoms with Gasteiger partial charge in [-0.05, 0) is 25.0 Å². The van der Waals surface area contributed by atoms with Crippen LogP contribution in [0.1, 0.15) is 33.6 Å². The molecule has 0 aliphatic carbocycles. The van der Waals surface area contributed by atoms with Gasteiger partial charge < -0.3 is 24.6 Å². The molecule has 1 saturated heterocycles. The van der Waals surface area contributed by atoms with E-state index in [1.54, 1.807) is 29.4 Å². The highest BCUT2D eigenvalue weighted by atomic mass is 35.5. The number of ether oxygens (including phenoxy) is 2. The van der Waals surface area contributed by atoms with Crippen molar-refractivity contribution < 1.29 is 19.1 Å². The third-order valence-electron chi connectivity index (χ3n) is 7.02. The van der Waals surface area contributed by atoms with E-state index in [9.17, 15) is 9.59 Å². The van der Waals surface area contributed by atoms with Crippen molar-refractivity contribution in [3.63, 3.8) is 0 Å². The van der Waals surface area contributed by atoms with E-state index in [0.29, 0.717) is 55.9 Å². The fraction of sp³-hybridized carbons (Fsp3) is 0.464. The molecule has 2 aromatic heterocycles. The molecule has 1 N–H and O–H groups in total. The Morgan fingerprint density at radius 3 is 2.70 bits per heavy atom. The molecule has 1 fully saturated rings. The van der Waals surface area contributed by atoms with Crippen LogP contribution in [0.5, 0.6) is 11.5 Å². The largest absolute Gasteiger partial charge is 0.486 e. The van der Waals surface area contributed by atoms with Gasteiger partial charge >= 0.3 is 0 Å². The zero-order valence-electron chi connectivity index (χ0n) is 22.9. The van der Waals surface area contributed by atoms with Crippen LogP contribution in [0.4, 0.5) is 5.82 Å². The Morgan fingerprint density at radius 2 is 1.95 bits per heavy atom. The number of hydrogen-bond donors (Lipinski definition) is 1. The van der Waals surface area contributed by atoms with Gasteiger partial charge in [0, 0.05) is 50.9 Å². The Hall–Kier alpha value is -3.86. The molecule has 0 bridgehead atoms. The summed E-state index contributed by atoms with van der Waals surface area (Å²) in [6.45, 7) is 7.71. The number of halogens is 1. The predicted octanol–water partition coefficient (Wildman–Crippen LogP) is 3.11. The number of nitrogens with one attached hydrogen (secondary N) is 1. The van der Waals surface area contributed by atoms with Crippen molar-refractivity contribution in [2.45, 2.75) is 51.8 Å². The lowest BCUT2D eigenvalue weighted by molar-refractivity contribution is -0.133. The lowest BCUT2D eigenvalue weighted by Gasteiger charge is -2.42. The molecule has 12 heteroatoms. The number of carbonyl (C=O) groups is 2. The Labute approximate surface area is 238 Å². The fourth-order valence-electron chi connectivity index (χ4n) is 4.97. The first-order chi connectivity index (χ1) is 19.3. The summed E-state index contributed by atoms with van der Waals surface area (Å²) in [5.74, 6) is 2.50. The molecule has 40 heavy (non-hydrogen) atoms. The summed E-state index contributed by atoms with van der Waals surface area (Å²) in [5.41, 5.74) is 0. The average Bonchev–Trinajstić information content (AvgIpc) is 3.47. The van der Waals surface area contributed by atoms with Gasteiger partial charge in [0.1, 0.15) is 23.9 Å². The molecule has 3 aromatic rings. The van der Waals surface area contributed by atoms with E-state index in [-0.39, 0.29) is 47.5 Å². The van der Waals surface area contributed by atoms with Crippen LogP contribution in [0.15, 0.2) is 49.1 Å². The average molecular weight is 568 g/mol. The van der Waals surface area contributed by atoms with Crippen molar-refractivity contribution in [3.8, 4) is 17.4 Å². The van der Waals surface area contributed by atoms with Gasteiger partial charge in [-0.3, -0.25) is 14.2 Å². The summed E-state index contributed by atoms with van der Waals surface area (Å²) in [4.78, 5) is 43.3. The topological polar surface area (TPSA) is 115 Å². The van der Waals surface area contributed by atoms with Crippen molar-refractivity contribution in [2.75, 3.05) is 31.1 Å². The zero-order valence-corrected chi connectivity index (χ0v) is 23.6. The second-order valence-corrected chi connectivity index (χ2v) is 11.0. The second-order valence-electron chi connectivity index (χ2n) is 10.6. The third kappa shape index (κ3) is 6.47.